The second kappa shape index (κ2) is 11.7. The molecule has 11 rings (SSSR count). The van der Waals surface area contributed by atoms with Gasteiger partial charge in [-0.05, 0) is 119 Å². The van der Waals surface area contributed by atoms with Gasteiger partial charge in [-0.2, -0.15) is 0 Å². The average Bonchev–Trinajstić information content (AvgIpc) is 3.44. The lowest BCUT2D eigenvalue weighted by atomic mass is 9.82. The lowest BCUT2D eigenvalue weighted by Crippen LogP contribution is -2.16. The van der Waals surface area contributed by atoms with Gasteiger partial charge in [0.05, 0.1) is 11.4 Å². The first-order valence-electron chi connectivity index (χ1n) is 18.9. The van der Waals surface area contributed by atoms with Crippen molar-refractivity contribution in [2.24, 2.45) is 0 Å². The van der Waals surface area contributed by atoms with Gasteiger partial charge in [-0.25, -0.2) is 0 Å². The zero-order valence-corrected chi connectivity index (χ0v) is 30.3. The van der Waals surface area contributed by atoms with Gasteiger partial charge >= 0.3 is 0 Å². The van der Waals surface area contributed by atoms with E-state index in [1.807, 2.05) is 0 Å². The van der Waals surface area contributed by atoms with Gasteiger partial charge in [-0.3, -0.25) is 0 Å². The zero-order valence-electron chi connectivity index (χ0n) is 30.3. The molecule has 0 amide bonds. The van der Waals surface area contributed by atoms with E-state index in [1.165, 1.54) is 87.2 Å². The van der Waals surface area contributed by atoms with Crippen LogP contribution in [-0.4, -0.2) is 0 Å². The van der Waals surface area contributed by atoms with Crippen molar-refractivity contribution in [2.75, 3.05) is 4.90 Å². The number of benzene rings is 10. The minimum atomic E-state index is -0.118. The van der Waals surface area contributed by atoms with E-state index in [0.717, 1.165) is 17.1 Å². The lowest BCUT2D eigenvalue weighted by molar-refractivity contribution is 0.661. The third-order valence-electron chi connectivity index (χ3n) is 12.0. The molecule has 54 heavy (non-hydrogen) atoms. The van der Waals surface area contributed by atoms with Crippen molar-refractivity contribution in [1.82, 2.24) is 0 Å². The molecule has 254 valence electrons. The summed E-state index contributed by atoms with van der Waals surface area (Å²) >= 11 is 0. The third-order valence-corrected chi connectivity index (χ3v) is 12.0. The Kier molecular flexibility index (Phi) is 6.66. The highest BCUT2D eigenvalue weighted by Crippen LogP contribution is 2.53. The molecular formula is C53H37N. The predicted molar refractivity (Wildman–Crippen MR) is 232 cm³/mol. The Labute approximate surface area is 315 Å². The van der Waals surface area contributed by atoms with Crippen LogP contribution in [-0.2, 0) is 5.41 Å². The van der Waals surface area contributed by atoms with Crippen LogP contribution < -0.4 is 4.90 Å². The van der Waals surface area contributed by atoms with Gasteiger partial charge in [-0.15, -0.1) is 0 Å². The van der Waals surface area contributed by atoms with Crippen molar-refractivity contribution in [2.45, 2.75) is 19.3 Å². The van der Waals surface area contributed by atoms with Crippen LogP contribution in [0.5, 0.6) is 0 Å². The Bertz CT molecular complexity index is 3150. The molecule has 10 aromatic rings. The first-order chi connectivity index (χ1) is 26.5. The van der Waals surface area contributed by atoms with E-state index in [9.17, 15) is 0 Å². The smallest absolute Gasteiger partial charge is 0.0546 e. The maximum Gasteiger partial charge on any atom is 0.0546 e. The van der Waals surface area contributed by atoms with Gasteiger partial charge in [0.15, 0.2) is 0 Å². The second-order valence-electron chi connectivity index (χ2n) is 15.3. The topological polar surface area (TPSA) is 3.24 Å². The maximum absolute atomic E-state index is 2.54. The average molecular weight is 688 g/mol. The van der Waals surface area contributed by atoms with E-state index in [4.69, 9.17) is 0 Å². The summed E-state index contributed by atoms with van der Waals surface area (Å²) in [5.41, 5.74) is 11.2. The molecule has 0 aromatic heterocycles. The molecule has 0 fully saturated rings. The number of nitrogens with zero attached hydrogens (tertiary/aromatic N) is 1. The quantitative estimate of drug-likeness (QED) is 0.167. The van der Waals surface area contributed by atoms with Crippen molar-refractivity contribution in [1.29, 1.82) is 0 Å². The van der Waals surface area contributed by atoms with Gasteiger partial charge < -0.3 is 4.90 Å². The summed E-state index contributed by atoms with van der Waals surface area (Å²) in [6.07, 6.45) is 0. The molecule has 0 bridgehead atoms. The van der Waals surface area contributed by atoms with Crippen LogP contribution in [0.1, 0.15) is 25.0 Å². The van der Waals surface area contributed by atoms with Gasteiger partial charge in [-0.1, -0.05) is 159 Å². The first-order valence-corrected chi connectivity index (χ1v) is 18.9. The Hall–Kier alpha value is -6.70. The standard InChI is InChI=1S/C53H37N/c1-53(2)48-27-26-41(33-47(48)46-30-37-16-5-6-17-38(37)31-49(46)53)54(51-32-39-18-8-9-19-42(39)44-21-11-12-22-45(44)51)50-28-25-35-14-7-10-20-43(35)52(50)40-24-23-34-13-3-4-15-36(34)29-40/h3-33H,1-2H3. The highest BCUT2D eigenvalue weighted by Gasteiger charge is 2.36. The molecule has 0 saturated carbocycles. The highest BCUT2D eigenvalue weighted by atomic mass is 15.1. The van der Waals surface area contributed by atoms with Crippen molar-refractivity contribution >= 4 is 70.9 Å². The maximum atomic E-state index is 2.54. The molecule has 0 saturated heterocycles. The number of hydrogen-bond acceptors (Lipinski definition) is 1. The van der Waals surface area contributed by atoms with Crippen molar-refractivity contribution in [3.05, 3.63) is 199 Å². The molecular weight excluding hydrogens is 651 g/mol. The normalized spacial score (nSPS) is 13.1. The Morgan fingerprint density at radius 2 is 0.926 bits per heavy atom. The molecule has 1 aliphatic carbocycles. The summed E-state index contributed by atoms with van der Waals surface area (Å²) in [5, 5.41) is 12.5. The Morgan fingerprint density at radius 3 is 1.70 bits per heavy atom. The summed E-state index contributed by atoms with van der Waals surface area (Å²) in [4.78, 5) is 2.54. The molecule has 0 atom stereocenters. The molecule has 0 aliphatic heterocycles. The van der Waals surface area contributed by atoms with Crippen LogP contribution in [0.25, 0.3) is 76.1 Å². The van der Waals surface area contributed by atoms with E-state index in [-0.39, 0.29) is 5.41 Å². The van der Waals surface area contributed by atoms with Gasteiger partial charge in [0.2, 0.25) is 0 Å². The van der Waals surface area contributed by atoms with Crippen molar-refractivity contribution in [3.63, 3.8) is 0 Å². The van der Waals surface area contributed by atoms with Gasteiger partial charge in [0.1, 0.15) is 0 Å². The largest absolute Gasteiger partial charge is 0.309 e. The van der Waals surface area contributed by atoms with Crippen LogP contribution in [0, 0.1) is 0 Å². The van der Waals surface area contributed by atoms with Crippen LogP contribution in [0.15, 0.2) is 188 Å². The number of fused-ring (bicyclic) bond motifs is 9. The summed E-state index contributed by atoms with van der Waals surface area (Å²) in [6.45, 7) is 4.75. The third kappa shape index (κ3) is 4.58. The second-order valence-corrected chi connectivity index (χ2v) is 15.3. The molecule has 1 aliphatic rings. The zero-order chi connectivity index (χ0) is 36.0. The summed E-state index contributed by atoms with van der Waals surface area (Å²) in [5.74, 6) is 0. The van der Waals surface area contributed by atoms with Crippen LogP contribution in [0.3, 0.4) is 0 Å². The lowest BCUT2D eigenvalue weighted by Gasteiger charge is -2.31. The van der Waals surface area contributed by atoms with Crippen LogP contribution >= 0.6 is 0 Å². The fourth-order valence-corrected chi connectivity index (χ4v) is 9.29. The summed E-state index contributed by atoms with van der Waals surface area (Å²) < 4.78 is 0. The molecule has 0 spiro atoms. The first kappa shape index (κ1) is 30.9. The van der Waals surface area contributed by atoms with E-state index < -0.39 is 0 Å². The molecule has 0 radical (unpaired) electrons. The molecule has 1 heteroatoms. The van der Waals surface area contributed by atoms with Crippen molar-refractivity contribution in [3.8, 4) is 22.3 Å². The van der Waals surface area contributed by atoms with Gasteiger partial charge in [0, 0.05) is 22.1 Å². The minimum Gasteiger partial charge on any atom is -0.309 e. The van der Waals surface area contributed by atoms with E-state index in [1.54, 1.807) is 0 Å². The minimum absolute atomic E-state index is 0.118. The number of hydrogen-bond donors (Lipinski definition) is 0. The predicted octanol–water partition coefficient (Wildman–Crippen LogP) is 14.9. The molecule has 10 aromatic carbocycles. The molecule has 1 nitrogen and oxygen atoms in total. The fourth-order valence-electron chi connectivity index (χ4n) is 9.29. The summed E-state index contributed by atoms with van der Waals surface area (Å²) in [7, 11) is 0. The van der Waals surface area contributed by atoms with Crippen LogP contribution in [0.4, 0.5) is 17.1 Å². The molecule has 0 heterocycles. The molecule has 0 unspecified atom stereocenters. The number of rotatable bonds is 4. The van der Waals surface area contributed by atoms with E-state index >= 15 is 0 Å². The molecule has 0 N–H and O–H groups in total. The van der Waals surface area contributed by atoms with Crippen molar-refractivity contribution < 1.29 is 0 Å². The van der Waals surface area contributed by atoms with Crippen LogP contribution in [0.2, 0.25) is 0 Å². The highest BCUT2D eigenvalue weighted by molar-refractivity contribution is 6.16. The Balaban J connectivity index is 1.25. The van der Waals surface area contributed by atoms with E-state index in [0.29, 0.717) is 0 Å². The fraction of sp³-hybridized carbons (Fsp3) is 0.0566. The van der Waals surface area contributed by atoms with E-state index in [2.05, 4.69) is 207 Å². The Morgan fingerprint density at radius 1 is 0.352 bits per heavy atom. The SMILES string of the molecule is CC1(C)c2ccc(N(c3ccc4ccccc4c3-c3ccc4ccccc4c3)c3cc4ccccc4c4ccccc34)cc2-c2cc3ccccc3cc21. The number of anilines is 3. The monoisotopic (exact) mass is 687 g/mol. The summed E-state index contributed by atoms with van der Waals surface area (Å²) in [6, 6.07) is 70.0. The van der Waals surface area contributed by atoms with Gasteiger partial charge in [0.25, 0.3) is 0 Å².